The molecule has 2 heterocycles. The molecule has 3 rings (SSSR count). The molecular formula is C19H24ClN3O5. The van der Waals surface area contributed by atoms with E-state index in [-0.39, 0.29) is 30.9 Å². The number of nitrogens with one attached hydrogen (secondary N) is 2. The first kappa shape index (κ1) is 20.4. The van der Waals surface area contributed by atoms with Crippen molar-refractivity contribution in [1.82, 2.24) is 10.6 Å². The Morgan fingerprint density at radius 3 is 2.96 bits per heavy atom. The second-order valence-electron chi connectivity index (χ2n) is 6.66. The van der Waals surface area contributed by atoms with Crippen LogP contribution in [0.1, 0.15) is 31.2 Å². The highest BCUT2D eigenvalue weighted by Gasteiger charge is 2.30. The minimum absolute atomic E-state index is 0.101. The van der Waals surface area contributed by atoms with Gasteiger partial charge in [0.25, 0.3) is 5.91 Å². The van der Waals surface area contributed by atoms with Gasteiger partial charge in [-0.3, -0.25) is 9.59 Å². The van der Waals surface area contributed by atoms with Crippen molar-refractivity contribution in [3.8, 4) is 5.75 Å². The molecule has 28 heavy (non-hydrogen) atoms. The molecule has 0 bridgehead atoms. The Bertz CT molecular complexity index is 749. The molecule has 0 unspecified atom stereocenters. The Kier molecular flexibility index (Phi) is 7.11. The summed E-state index contributed by atoms with van der Waals surface area (Å²) in [5.74, 6) is 0.206. The van der Waals surface area contributed by atoms with Gasteiger partial charge in [0.2, 0.25) is 12.0 Å². The number of amides is 2. The van der Waals surface area contributed by atoms with Crippen molar-refractivity contribution < 1.29 is 23.9 Å². The van der Waals surface area contributed by atoms with E-state index in [0.717, 1.165) is 19.4 Å². The topological polar surface area (TPSA) is 98.3 Å². The van der Waals surface area contributed by atoms with Crippen LogP contribution in [0.2, 0.25) is 5.02 Å². The van der Waals surface area contributed by atoms with E-state index in [4.69, 9.17) is 25.9 Å². The number of hydrogen-bond acceptors (Lipinski definition) is 6. The molecule has 0 saturated carbocycles. The van der Waals surface area contributed by atoms with Gasteiger partial charge in [-0.05, 0) is 31.0 Å². The molecule has 0 aliphatic carbocycles. The Hall–Kier alpha value is -2.32. The Morgan fingerprint density at radius 2 is 2.21 bits per heavy atom. The maximum Gasteiger partial charge on any atom is 0.264 e. The molecule has 0 spiro atoms. The van der Waals surface area contributed by atoms with Crippen LogP contribution in [0.15, 0.2) is 23.4 Å². The van der Waals surface area contributed by atoms with E-state index in [9.17, 15) is 9.59 Å². The summed E-state index contributed by atoms with van der Waals surface area (Å²) in [7, 11) is 1.56. The van der Waals surface area contributed by atoms with Crippen LogP contribution in [0.4, 0.5) is 0 Å². The number of carbonyl (C=O) groups is 2. The Morgan fingerprint density at radius 1 is 1.36 bits per heavy atom. The monoisotopic (exact) mass is 409 g/mol. The standard InChI is InChI=1S/C19H24ClN3O5/c1-26-12-4-5-15(20)14(9-12)16-10-17(28-23-16)19(25)21-7-6-18(24)22-11-13-3-2-8-27-13/h4-5,9,13,17H,2-3,6-8,10-11H2,1H3,(H,21,25)(H,22,24)/t13-,17-/m1/s1. The van der Waals surface area contributed by atoms with E-state index in [0.29, 0.717) is 35.0 Å². The van der Waals surface area contributed by atoms with Gasteiger partial charge >= 0.3 is 0 Å². The third-order valence-corrected chi connectivity index (χ3v) is 4.98. The van der Waals surface area contributed by atoms with E-state index in [1.165, 1.54) is 0 Å². The average molecular weight is 410 g/mol. The summed E-state index contributed by atoms with van der Waals surface area (Å²) in [5, 5.41) is 10.0. The van der Waals surface area contributed by atoms with E-state index >= 15 is 0 Å². The van der Waals surface area contributed by atoms with Gasteiger partial charge in [0.1, 0.15) is 5.75 Å². The summed E-state index contributed by atoms with van der Waals surface area (Å²) >= 11 is 6.21. The number of halogens is 1. The number of methoxy groups -OCH3 is 1. The third-order valence-electron chi connectivity index (χ3n) is 4.65. The number of nitrogens with zero attached hydrogens (tertiary/aromatic N) is 1. The molecule has 1 aromatic carbocycles. The smallest absolute Gasteiger partial charge is 0.264 e. The van der Waals surface area contributed by atoms with Crippen molar-refractivity contribution in [2.75, 3.05) is 26.8 Å². The predicted molar refractivity (Wildman–Crippen MR) is 104 cm³/mol. The summed E-state index contributed by atoms with van der Waals surface area (Å²) in [6.45, 7) is 1.49. The van der Waals surface area contributed by atoms with Crippen LogP contribution < -0.4 is 15.4 Å². The van der Waals surface area contributed by atoms with Crippen LogP contribution in [0.25, 0.3) is 0 Å². The zero-order chi connectivity index (χ0) is 19.9. The van der Waals surface area contributed by atoms with Crippen molar-refractivity contribution in [3.05, 3.63) is 28.8 Å². The molecule has 0 radical (unpaired) electrons. The largest absolute Gasteiger partial charge is 0.497 e. The summed E-state index contributed by atoms with van der Waals surface area (Å²) in [5.41, 5.74) is 1.25. The Labute approximate surface area is 168 Å². The lowest BCUT2D eigenvalue weighted by Crippen LogP contribution is -2.38. The van der Waals surface area contributed by atoms with Crippen molar-refractivity contribution in [2.45, 2.75) is 37.9 Å². The fraction of sp³-hybridized carbons (Fsp3) is 0.526. The zero-order valence-corrected chi connectivity index (χ0v) is 16.5. The van der Waals surface area contributed by atoms with Gasteiger partial charge in [-0.1, -0.05) is 16.8 Å². The number of oxime groups is 1. The second-order valence-corrected chi connectivity index (χ2v) is 7.07. The summed E-state index contributed by atoms with van der Waals surface area (Å²) < 4.78 is 10.6. The van der Waals surface area contributed by atoms with Gasteiger partial charge in [-0.25, -0.2) is 0 Å². The molecule has 0 aromatic heterocycles. The molecule has 152 valence electrons. The van der Waals surface area contributed by atoms with Crippen molar-refractivity contribution in [1.29, 1.82) is 0 Å². The van der Waals surface area contributed by atoms with Gasteiger partial charge in [0.15, 0.2) is 0 Å². The minimum atomic E-state index is -0.743. The SMILES string of the molecule is COc1ccc(Cl)c(C2=NO[C@@H](C(=O)NCCC(=O)NC[C@H]3CCCO3)C2)c1. The lowest BCUT2D eigenvalue weighted by molar-refractivity contribution is -0.131. The molecule has 1 saturated heterocycles. The molecule has 2 amide bonds. The van der Waals surface area contributed by atoms with E-state index in [1.807, 2.05) is 0 Å². The number of ether oxygens (including phenoxy) is 2. The number of benzene rings is 1. The summed E-state index contributed by atoms with van der Waals surface area (Å²) in [6, 6.07) is 5.21. The third kappa shape index (κ3) is 5.36. The van der Waals surface area contributed by atoms with Crippen LogP contribution >= 0.6 is 11.6 Å². The molecule has 2 atom stereocenters. The fourth-order valence-corrected chi connectivity index (χ4v) is 3.29. The number of rotatable bonds is 8. The lowest BCUT2D eigenvalue weighted by atomic mass is 10.0. The van der Waals surface area contributed by atoms with Gasteiger partial charge < -0.3 is 24.9 Å². The molecule has 2 aliphatic heterocycles. The first-order valence-electron chi connectivity index (χ1n) is 9.29. The highest BCUT2D eigenvalue weighted by Crippen LogP contribution is 2.27. The summed E-state index contributed by atoms with van der Waals surface area (Å²) in [6.07, 6.45) is 1.85. The fourth-order valence-electron chi connectivity index (χ4n) is 3.06. The van der Waals surface area contributed by atoms with Crippen molar-refractivity contribution >= 4 is 29.1 Å². The normalized spacial score (nSPS) is 21.0. The molecule has 8 nitrogen and oxygen atoms in total. The highest BCUT2D eigenvalue weighted by molar-refractivity contribution is 6.34. The number of hydrogen-bond donors (Lipinski definition) is 2. The minimum Gasteiger partial charge on any atom is -0.497 e. The van der Waals surface area contributed by atoms with E-state index < -0.39 is 6.10 Å². The van der Waals surface area contributed by atoms with Gasteiger partial charge in [0, 0.05) is 38.1 Å². The first-order valence-corrected chi connectivity index (χ1v) is 9.67. The molecule has 9 heteroatoms. The molecule has 2 N–H and O–H groups in total. The van der Waals surface area contributed by atoms with Crippen molar-refractivity contribution in [2.24, 2.45) is 5.16 Å². The summed E-state index contributed by atoms with van der Waals surface area (Å²) in [4.78, 5) is 29.3. The lowest BCUT2D eigenvalue weighted by Gasteiger charge is -2.12. The molecular weight excluding hydrogens is 386 g/mol. The maximum atomic E-state index is 12.3. The highest BCUT2D eigenvalue weighted by atomic mass is 35.5. The second kappa shape index (κ2) is 9.75. The van der Waals surface area contributed by atoms with Crippen LogP contribution in [-0.4, -0.2) is 56.5 Å². The van der Waals surface area contributed by atoms with Gasteiger partial charge in [-0.2, -0.15) is 0 Å². The zero-order valence-electron chi connectivity index (χ0n) is 15.7. The van der Waals surface area contributed by atoms with Gasteiger partial charge in [-0.15, -0.1) is 0 Å². The maximum absolute atomic E-state index is 12.3. The molecule has 1 fully saturated rings. The van der Waals surface area contributed by atoms with Crippen molar-refractivity contribution in [3.63, 3.8) is 0 Å². The Balaban J connectivity index is 1.40. The van der Waals surface area contributed by atoms with E-state index in [1.54, 1.807) is 25.3 Å². The van der Waals surface area contributed by atoms with Crippen LogP contribution in [0.5, 0.6) is 5.75 Å². The molecule has 2 aliphatic rings. The van der Waals surface area contributed by atoms with E-state index in [2.05, 4.69) is 15.8 Å². The quantitative estimate of drug-likeness (QED) is 0.680. The first-order chi connectivity index (χ1) is 13.6. The molecule has 1 aromatic rings. The van der Waals surface area contributed by atoms with Crippen LogP contribution in [0.3, 0.4) is 0 Å². The predicted octanol–water partition coefficient (Wildman–Crippen LogP) is 1.64. The number of carbonyl (C=O) groups excluding carboxylic acids is 2. The van der Waals surface area contributed by atoms with Crippen LogP contribution in [-0.2, 0) is 19.2 Å². The average Bonchev–Trinajstić information content (AvgIpc) is 3.39. The van der Waals surface area contributed by atoms with Crippen LogP contribution in [0, 0.1) is 0 Å². The van der Waals surface area contributed by atoms with Gasteiger partial charge in [0.05, 0.1) is 23.9 Å².